The Morgan fingerprint density at radius 2 is 1.90 bits per heavy atom. The molecule has 1 aromatic carbocycles. The van der Waals surface area contributed by atoms with Crippen LogP contribution in [0.1, 0.15) is 30.0 Å². The number of hydrogen-bond donors (Lipinski definition) is 1. The second kappa shape index (κ2) is 6.08. The first-order valence-corrected chi connectivity index (χ1v) is 7.64. The number of rotatable bonds is 4. The molecule has 21 heavy (non-hydrogen) atoms. The Balaban J connectivity index is 1.63. The zero-order valence-electron chi connectivity index (χ0n) is 12.4. The molecule has 0 saturated carbocycles. The van der Waals surface area contributed by atoms with Gasteiger partial charge in [-0.05, 0) is 54.5 Å². The molecular weight excluding hydrogens is 260 g/mol. The molecule has 1 aliphatic carbocycles. The maximum absolute atomic E-state index is 12.1. The number of aryl methyl sites for hydroxylation is 3. The van der Waals surface area contributed by atoms with Crippen LogP contribution in [0.15, 0.2) is 42.7 Å². The fourth-order valence-corrected chi connectivity index (χ4v) is 2.85. The number of aromatic nitrogens is 1. The number of pyridine rings is 1. The molecule has 0 unspecified atom stereocenters. The highest BCUT2D eigenvalue weighted by Crippen LogP contribution is 2.24. The third-order valence-corrected chi connectivity index (χ3v) is 4.08. The molecule has 0 saturated heterocycles. The lowest BCUT2D eigenvalue weighted by Gasteiger charge is -2.06. The van der Waals surface area contributed by atoms with E-state index in [1.165, 1.54) is 29.5 Å². The first-order valence-electron chi connectivity index (χ1n) is 7.64. The van der Waals surface area contributed by atoms with E-state index in [1.807, 2.05) is 23.0 Å². The summed E-state index contributed by atoms with van der Waals surface area (Å²) in [7, 11) is 0. The van der Waals surface area contributed by atoms with Gasteiger partial charge in [0.05, 0.1) is 0 Å². The summed E-state index contributed by atoms with van der Waals surface area (Å²) in [4.78, 5) is 12.1. The first-order chi connectivity index (χ1) is 10.2. The minimum Gasteiger partial charge on any atom is -0.321 e. The average Bonchev–Trinajstić information content (AvgIpc) is 2.95. The molecule has 3 rings (SSSR count). The van der Waals surface area contributed by atoms with E-state index < -0.39 is 0 Å². The van der Waals surface area contributed by atoms with Gasteiger partial charge < -0.3 is 5.32 Å². The average molecular weight is 281 g/mol. The number of benzene rings is 1. The van der Waals surface area contributed by atoms with E-state index in [4.69, 9.17) is 0 Å². The van der Waals surface area contributed by atoms with Gasteiger partial charge in [-0.25, -0.2) is 0 Å². The van der Waals surface area contributed by atoms with Crippen molar-refractivity contribution in [2.24, 2.45) is 0 Å². The van der Waals surface area contributed by atoms with Gasteiger partial charge in [-0.15, -0.1) is 0 Å². The van der Waals surface area contributed by atoms with Gasteiger partial charge >= 0.3 is 0 Å². The van der Waals surface area contributed by atoms with Crippen LogP contribution >= 0.6 is 0 Å². The molecule has 0 fully saturated rings. The lowest BCUT2D eigenvalue weighted by atomic mass is 10.1. The van der Waals surface area contributed by atoms with Crippen molar-refractivity contribution in [1.82, 2.24) is 0 Å². The first kappa shape index (κ1) is 13.8. The van der Waals surface area contributed by atoms with Crippen LogP contribution < -0.4 is 9.88 Å². The zero-order valence-corrected chi connectivity index (χ0v) is 12.4. The second-order valence-electron chi connectivity index (χ2n) is 5.62. The van der Waals surface area contributed by atoms with Gasteiger partial charge in [0.2, 0.25) is 6.54 Å². The van der Waals surface area contributed by atoms with Crippen molar-refractivity contribution in [3.8, 4) is 0 Å². The Hall–Kier alpha value is -2.16. The highest BCUT2D eigenvalue weighted by atomic mass is 16.1. The van der Waals surface area contributed by atoms with Gasteiger partial charge in [0.1, 0.15) is 0 Å². The molecular formula is C18H21N2O+. The van der Waals surface area contributed by atoms with E-state index in [1.54, 1.807) is 0 Å². The standard InChI is InChI=1S/C18H20N2O/c1-2-14-8-10-20(11-9-14)13-18(21)19-17-7-6-15-4-3-5-16(15)12-17/h6-12H,2-5,13H2,1H3/p+1. The fourth-order valence-electron chi connectivity index (χ4n) is 2.85. The number of hydrogen-bond acceptors (Lipinski definition) is 1. The number of nitrogens with one attached hydrogen (secondary N) is 1. The summed E-state index contributed by atoms with van der Waals surface area (Å²) in [6, 6.07) is 10.4. The van der Waals surface area contributed by atoms with Crippen molar-refractivity contribution in [2.45, 2.75) is 39.2 Å². The Labute approximate surface area is 125 Å². The lowest BCUT2D eigenvalue weighted by molar-refractivity contribution is -0.684. The maximum atomic E-state index is 12.1. The quantitative estimate of drug-likeness (QED) is 0.859. The van der Waals surface area contributed by atoms with Gasteiger partial charge in [0.25, 0.3) is 5.91 Å². The van der Waals surface area contributed by atoms with Gasteiger partial charge in [0.15, 0.2) is 12.4 Å². The van der Waals surface area contributed by atoms with Crippen molar-refractivity contribution in [1.29, 1.82) is 0 Å². The fraction of sp³-hybridized carbons (Fsp3) is 0.333. The topological polar surface area (TPSA) is 33.0 Å². The van der Waals surface area contributed by atoms with Crippen LogP contribution in [0.2, 0.25) is 0 Å². The molecule has 0 aliphatic heterocycles. The molecule has 0 atom stereocenters. The number of carbonyl (C=O) groups excluding carboxylic acids is 1. The van der Waals surface area contributed by atoms with Crippen molar-refractivity contribution < 1.29 is 9.36 Å². The number of amides is 1. The van der Waals surface area contributed by atoms with Crippen LogP contribution in [0.3, 0.4) is 0 Å². The zero-order chi connectivity index (χ0) is 14.7. The molecule has 0 spiro atoms. The van der Waals surface area contributed by atoms with Crippen LogP contribution in [0.5, 0.6) is 0 Å². The predicted molar refractivity (Wildman–Crippen MR) is 83.1 cm³/mol. The van der Waals surface area contributed by atoms with Gasteiger partial charge in [-0.3, -0.25) is 4.79 Å². The van der Waals surface area contributed by atoms with Crippen LogP contribution in [-0.4, -0.2) is 5.91 Å². The minimum atomic E-state index is 0.0159. The number of anilines is 1. The van der Waals surface area contributed by atoms with E-state index in [-0.39, 0.29) is 5.91 Å². The molecule has 1 heterocycles. The van der Waals surface area contributed by atoms with Gasteiger partial charge in [0, 0.05) is 17.8 Å². The van der Waals surface area contributed by atoms with Crippen LogP contribution in [-0.2, 0) is 30.6 Å². The normalized spacial score (nSPS) is 13.0. The summed E-state index contributed by atoms with van der Waals surface area (Å²) in [5.41, 5.74) is 5.00. The molecule has 1 amide bonds. The number of carbonyl (C=O) groups is 1. The third-order valence-electron chi connectivity index (χ3n) is 4.08. The molecule has 3 heteroatoms. The van der Waals surface area contributed by atoms with Crippen LogP contribution in [0.4, 0.5) is 5.69 Å². The van der Waals surface area contributed by atoms with E-state index >= 15 is 0 Å². The SMILES string of the molecule is CCc1cc[n+](CC(=O)Nc2ccc3c(c2)CCC3)cc1. The maximum Gasteiger partial charge on any atom is 0.290 e. The predicted octanol–water partition coefficient (Wildman–Crippen LogP) is 2.66. The molecule has 1 aromatic heterocycles. The summed E-state index contributed by atoms with van der Waals surface area (Å²) in [6.07, 6.45) is 8.46. The van der Waals surface area contributed by atoms with Crippen molar-refractivity contribution in [2.75, 3.05) is 5.32 Å². The molecule has 0 radical (unpaired) electrons. The molecule has 2 aromatic rings. The smallest absolute Gasteiger partial charge is 0.290 e. The Morgan fingerprint density at radius 1 is 1.14 bits per heavy atom. The van der Waals surface area contributed by atoms with Crippen molar-refractivity contribution >= 4 is 11.6 Å². The summed E-state index contributed by atoms with van der Waals surface area (Å²) >= 11 is 0. The number of fused-ring (bicyclic) bond motifs is 1. The van der Waals surface area contributed by atoms with E-state index in [0.717, 1.165) is 18.5 Å². The monoisotopic (exact) mass is 281 g/mol. The molecule has 1 aliphatic rings. The lowest BCUT2D eigenvalue weighted by Crippen LogP contribution is -2.39. The summed E-state index contributed by atoms with van der Waals surface area (Å²) < 4.78 is 1.90. The second-order valence-corrected chi connectivity index (χ2v) is 5.62. The third kappa shape index (κ3) is 3.30. The summed E-state index contributed by atoms with van der Waals surface area (Å²) in [5, 5.41) is 2.99. The van der Waals surface area contributed by atoms with Crippen LogP contribution in [0, 0.1) is 0 Å². The van der Waals surface area contributed by atoms with E-state index in [2.05, 4.69) is 36.5 Å². The number of nitrogens with zero attached hydrogens (tertiary/aromatic N) is 1. The highest BCUT2D eigenvalue weighted by Gasteiger charge is 2.13. The highest BCUT2D eigenvalue weighted by molar-refractivity contribution is 5.89. The molecule has 3 nitrogen and oxygen atoms in total. The summed E-state index contributed by atoms with van der Waals surface area (Å²) in [5.74, 6) is 0.0159. The largest absolute Gasteiger partial charge is 0.321 e. The van der Waals surface area contributed by atoms with E-state index in [9.17, 15) is 4.79 Å². The Kier molecular flexibility index (Phi) is 4.00. The molecule has 1 N–H and O–H groups in total. The van der Waals surface area contributed by atoms with Gasteiger partial charge in [-0.2, -0.15) is 4.57 Å². The van der Waals surface area contributed by atoms with Gasteiger partial charge in [-0.1, -0.05) is 13.0 Å². The minimum absolute atomic E-state index is 0.0159. The molecule has 108 valence electrons. The van der Waals surface area contributed by atoms with Crippen molar-refractivity contribution in [3.63, 3.8) is 0 Å². The van der Waals surface area contributed by atoms with Crippen molar-refractivity contribution in [3.05, 3.63) is 59.4 Å². The Morgan fingerprint density at radius 3 is 2.67 bits per heavy atom. The van der Waals surface area contributed by atoms with E-state index in [0.29, 0.717) is 6.54 Å². The summed E-state index contributed by atoms with van der Waals surface area (Å²) in [6.45, 7) is 2.47. The molecule has 0 bridgehead atoms. The van der Waals surface area contributed by atoms with Crippen LogP contribution in [0.25, 0.3) is 0 Å². The Bertz CT molecular complexity index is 647.